The molecule has 164 valence electrons. The number of benzene rings is 5. The van der Waals surface area contributed by atoms with Gasteiger partial charge in [0.25, 0.3) is 0 Å². The van der Waals surface area contributed by atoms with Gasteiger partial charge in [-0.1, -0.05) is 78.9 Å². The van der Waals surface area contributed by atoms with Gasteiger partial charge in [-0.05, 0) is 60.7 Å². The topological polar surface area (TPSA) is 23.6 Å². The van der Waals surface area contributed by atoms with Crippen LogP contribution in [-0.2, 0) is 4.57 Å². The SMILES string of the molecule is O=P1(c2ccccc2)c2ccccc2N(c2ccccc2)c2ccccc2N1c1ccccc1. The van der Waals surface area contributed by atoms with Crippen LogP contribution in [-0.4, -0.2) is 0 Å². The van der Waals surface area contributed by atoms with Crippen LogP contribution in [0, 0.1) is 0 Å². The van der Waals surface area contributed by atoms with Crippen molar-refractivity contribution in [3.63, 3.8) is 0 Å². The number of hydrogen-bond acceptors (Lipinski definition) is 2. The highest BCUT2D eigenvalue weighted by Gasteiger charge is 2.43. The van der Waals surface area contributed by atoms with Gasteiger partial charge < -0.3 is 4.90 Å². The fraction of sp³-hybridized carbons (Fsp3) is 0. The van der Waals surface area contributed by atoms with Gasteiger partial charge in [-0.3, -0.25) is 9.24 Å². The lowest BCUT2D eigenvalue weighted by Crippen LogP contribution is -2.29. The van der Waals surface area contributed by atoms with Crippen molar-refractivity contribution in [2.24, 2.45) is 0 Å². The average molecular weight is 459 g/mol. The van der Waals surface area contributed by atoms with E-state index < -0.39 is 7.29 Å². The second-order valence-corrected chi connectivity index (χ2v) is 10.8. The molecule has 1 heterocycles. The number of hydrogen-bond donors (Lipinski definition) is 0. The van der Waals surface area contributed by atoms with Gasteiger partial charge in [0.05, 0.1) is 22.4 Å². The van der Waals surface area contributed by atoms with Crippen LogP contribution in [0.15, 0.2) is 140 Å². The molecule has 0 amide bonds. The highest BCUT2D eigenvalue weighted by molar-refractivity contribution is 7.80. The lowest BCUT2D eigenvalue weighted by Gasteiger charge is -2.33. The fourth-order valence-electron chi connectivity index (χ4n) is 4.74. The quantitative estimate of drug-likeness (QED) is 0.261. The van der Waals surface area contributed by atoms with E-state index in [-0.39, 0.29) is 0 Å². The number of anilines is 5. The van der Waals surface area contributed by atoms with Crippen molar-refractivity contribution < 1.29 is 4.57 Å². The van der Waals surface area contributed by atoms with Crippen LogP contribution in [0.3, 0.4) is 0 Å². The monoisotopic (exact) mass is 458 g/mol. The number of nitrogens with zero attached hydrogens (tertiary/aromatic N) is 2. The number of rotatable bonds is 3. The first-order chi connectivity index (χ1) is 16.8. The summed E-state index contributed by atoms with van der Waals surface area (Å²) in [4.78, 5) is 2.23. The molecule has 1 aliphatic rings. The Morgan fingerprint density at radius 1 is 0.441 bits per heavy atom. The van der Waals surface area contributed by atoms with Crippen molar-refractivity contribution in [3.05, 3.63) is 140 Å². The van der Waals surface area contributed by atoms with Gasteiger partial charge in [0.2, 0.25) is 7.29 Å². The van der Waals surface area contributed by atoms with Crippen LogP contribution in [0.25, 0.3) is 0 Å². The summed E-state index contributed by atoms with van der Waals surface area (Å²) in [5.41, 5.74) is 4.73. The van der Waals surface area contributed by atoms with Gasteiger partial charge in [0.15, 0.2) is 0 Å². The molecule has 0 aromatic heterocycles. The zero-order valence-corrected chi connectivity index (χ0v) is 19.4. The molecule has 0 spiro atoms. The molecule has 0 aliphatic carbocycles. The number of fused-ring (bicyclic) bond motifs is 2. The van der Waals surface area contributed by atoms with Gasteiger partial charge in [-0.15, -0.1) is 0 Å². The summed E-state index contributed by atoms with van der Waals surface area (Å²) in [5, 5.41) is 1.61. The minimum absolute atomic E-state index is 0.802. The lowest BCUT2D eigenvalue weighted by molar-refractivity contribution is 0.587. The first kappa shape index (κ1) is 20.5. The highest BCUT2D eigenvalue weighted by Crippen LogP contribution is 2.61. The van der Waals surface area contributed by atoms with Crippen LogP contribution in [0.2, 0.25) is 0 Å². The molecule has 0 saturated carbocycles. The maximum atomic E-state index is 15.6. The Hall–Kier alpha value is -4.07. The van der Waals surface area contributed by atoms with Crippen LogP contribution in [0.4, 0.5) is 28.4 Å². The Labute approximate surface area is 200 Å². The van der Waals surface area contributed by atoms with E-state index >= 15 is 4.57 Å². The molecule has 1 atom stereocenters. The van der Waals surface area contributed by atoms with Crippen molar-refractivity contribution in [2.45, 2.75) is 0 Å². The van der Waals surface area contributed by atoms with Crippen molar-refractivity contribution in [1.29, 1.82) is 0 Å². The van der Waals surface area contributed by atoms with Crippen molar-refractivity contribution in [1.82, 2.24) is 0 Å². The van der Waals surface area contributed by atoms with Gasteiger partial charge in [0.1, 0.15) is 0 Å². The van der Waals surface area contributed by atoms with Crippen LogP contribution >= 0.6 is 7.29 Å². The van der Waals surface area contributed by atoms with E-state index in [1.165, 1.54) is 0 Å². The minimum atomic E-state index is -3.33. The van der Waals surface area contributed by atoms with E-state index in [4.69, 9.17) is 0 Å². The van der Waals surface area contributed by atoms with E-state index in [2.05, 4.69) is 39.9 Å². The second-order valence-electron chi connectivity index (χ2n) is 8.21. The van der Waals surface area contributed by atoms with E-state index in [1.54, 1.807) is 0 Å². The normalized spacial score (nSPS) is 16.9. The Balaban J connectivity index is 1.78. The summed E-state index contributed by atoms with van der Waals surface area (Å²) in [6.07, 6.45) is 0. The zero-order chi connectivity index (χ0) is 23.0. The number of para-hydroxylation sites is 5. The Morgan fingerprint density at radius 2 is 0.912 bits per heavy atom. The molecule has 0 radical (unpaired) electrons. The van der Waals surface area contributed by atoms with Gasteiger partial charge >= 0.3 is 0 Å². The summed E-state index contributed by atoms with van der Waals surface area (Å²) in [5.74, 6) is 0. The molecule has 0 saturated heterocycles. The molecule has 0 bridgehead atoms. The molecule has 1 aliphatic heterocycles. The van der Waals surface area contributed by atoms with Crippen LogP contribution in [0.1, 0.15) is 0 Å². The van der Waals surface area contributed by atoms with Crippen molar-refractivity contribution in [2.75, 3.05) is 9.57 Å². The van der Waals surface area contributed by atoms with Gasteiger partial charge in [-0.25, -0.2) is 0 Å². The maximum absolute atomic E-state index is 15.6. The standard InChI is InChI=1S/C30H23N2OP/c33-34(26-18-8-3-9-19-26)30-23-13-12-22-29(30)31(24-14-4-1-5-15-24)27-20-10-11-21-28(27)32(34)25-16-6-2-7-17-25/h1-23H. The van der Waals surface area contributed by atoms with Crippen LogP contribution in [0.5, 0.6) is 0 Å². The molecule has 5 aromatic carbocycles. The third-order valence-electron chi connectivity index (χ3n) is 6.20. The predicted molar refractivity (Wildman–Crippen MR) is 143 cm³/mol. The highest BCUT2D eigenvalue weighted by atomic mass is 31.2. The van der Waals surface area contributed by atoms with Crippen molar-refractivity contribution >= 4 is 46.3 Å². The van der Waals surface area contributed by atoms with E-state index in [0.29, 0.717) is 0 Å². The average Bonchev–Trinajstić information content (AvgIpc) is 3.01. The summed E-state index contributed by atoms with van der Waals surface area (Å²) >= 11 is 0. The maximum Gasteiger partial charge on any atom is 0.236 e. The Kier molecular flexibility index (Phi) is 5.05. The van der Waals surface area contributed by atoms with Crippen LogP contribution < -0.4 is 20.2 Å². The Bertz CT molecular complexity index is 1490. The molecule has 3 nitrogen and oxygen atoms in total. The Morgan fingerprint density at radius 3 is 1.56 bits per heavy atom. The summed E-state index contributed by atoms with van der Waals surface area (Å²) in [6, 6.07) is 46.5. The third-order valence-corrected chi connectivity index (χ3v) is 9.24. The van der Waals surface area contributed by atoms with E-state index in [1.807, 2.05) is 109 Å². The first-order valence-electron chi connectivity index (χ1n) is 11.3. The zero-order valence-electron chi connectivity index (χ0n) is 18.5. The molecule has 0 N–H and O–H groups in total. The summed E-state index contributed by atoms with van der Waals surface area (Å²) < 4.78 is 17.7. The first-order valence-corrected chi connectivity index (χ1v) is 13.0. The van der Waals surface area contributed by atoms with Crippen molar-refractivity contribution in [3.8, 4) is 0 Å². The smallest absolute Gasteiger partial charge is 0.236 e. The fourth-order valence-corrected chi connectivity index (χ4v) is 7.75. The molecular formula is C30H23N2OP. The molecule has 34 heavy (non-hydrogen) atoms. The van der Waals surface area contributed by atoms with Gasteiger partial charge in [-0.2, -0.15) is 0 Å². The molecule has 6 rings (SSSR count). The largest absolute Gasteiger partial charge is 0.308 e. The molecule has 4 heteroatoms. The second kappa shape index (κ2) is 8.37. The molecular weight excluding hydrogens is 435 g/mol. The van der Waals surface area contributed by atoms with E-state index in [0.717, 1.165) is 39.0 Å². The van der Waals surface area contributed by atoms with E-state index in [9.17, 15) is 0 Å². The summed E-state index contributed by atoms with van der Waals surface area (Å²) in [6.45, 7) is 0. The molecule has 5 aromatic rings. The molecule has 1 unspecified atom stereocenters. The molecule has 0 fully saturated rings. The minimum Gasteiger partial charge on any atom is -0.308 e. The summed E-state index contributed by atoms with van der Waals surface area (Å²) in [7, 11) is -3.33. The predicted octanol–water partition coefficient (Wildman–Crippen LogP) is 7.54. The lowest BCUT2D eigenvalue weighted by atomic mass is 10.1. The third kappa shape index (κ3) is 3.17. The van der Waals surface area contributed by atoms with Gasteiger partial charge in [0, 0.05) is 16.7 Å².